The molecule has 4 heteroatoms. The SMILES string of the molecule is CCCCCC(OP(O)O)(C1CCCCC1)C1CCCCC1. The second-order valence-electron chi connectivity index (χ2n) is 7.43. The van der Waals surface area contributed by atoms with Crippen LogP contribution in [0.15, 0.2) is 0 Å². The summed E-state index contributed by atoms with van der Waals surface area (Å²) in [5, 5.41) is 0. The summed E-state index contributed by atoms with van der Waals surface area (Å²) in [6.07, 6.45) is 17.3. The summed E-state index contributed by atoms with van der Waals surface area (Å²) >= 11 is 0. The van der Waals surface area contributed by atoms with Gasteiger partial charge >= 0.3 is 8.60 Å². The standard InChI is InChI=1S/C18H35O3P/c1-2-3-10-15-18(21-22(19)20,16-11-6-4-7-12-16)17-13-8-5-9-14-17/h16-17,19-20H,2-15H2,1H3. The normalized spacial score (nSPS) is 22.4. The molecule has 2 N–H and O–H groups in total. The van der Waals surface area contributed by atoms with Crippen molar-refractivity contribution in [2.75, 3.05) is 0 Å². The Hall–Kier alpha value is 0.310. The third-order valence-corrected chi connectivity index (χ3v) is 6.52. The Balaban J connectivity index is 2.18. The van der Waals surface area contributed by atoms with E-state index in [0.717, 1.165) is 12.8 Å². The first kappa shape index (κ1) is 18.6. The van der Waals surface area contributed by atoms with Crippen LogP contribution in [0.25, 0.3) is 0 Å². The van der Waals surface area contributed by atoms with Crippen LogP contribution >= 0.6 is 8.60 Å². The quantitative estimate of drug-likeness (QED) is 0.444. The van der Waals surface area contributed by atoms with Gasteiger partial charge in [-0.3, -0.25) is 0 Å². The predicted molar refractivity (Wildman–Crippen MR) is 92.5 cm³/mol. The predicted octanol–water partition coefficient (Wildman–Crippen LogP) is 5.69. The summed E-state index contributed by atoms with van der Waals surface area (Å²) in [6, 6.07) is 0. The Morgan fingerprint density at radius 2 is 1.36 bits per heavy atom. The van der Waals surface area contributed by atoms with Crippen molar-refractivity contribution in [2.45, 2.75) is 102 Å². The van der Waals surface area contributed by atoms with Gasteiger partial charge in [-0.25, -0.2) is 0 Å². The number of hydrogen-bond donors (Lipinski definition) is 2. The minimum Gasteiger partial charge on any atom is -0.328 e. The Morgan fingerprint density at radius 1 is 0.864 bits per heavy atom. The van der Waals surface area contributed by atoms with E-state index in [0.29, 0.717) is 11.8 Å². The maximum atomic E-state index is 9.70. The molecular formula is C18H35O3P. The monoisotopic (exact) mass is 330 g/mol. The molecule has 0 atom stereocenters. The van der Waals surface area contributed by atoms with Gasteiger partial charge < -0.3 is 14.3 Å². The van der Waals surface area contributed by atoms with Gasteiger partial charge in [-0.15, -0.1) is 0 Å². The molecule has 0 aromatic heterocycles. The van der Waals surface area contributed by atoms with Crippen molar-refractivity contribution in [1.29, 1.82) is 0 Å². The van der Waals surface area contributed by atoms with Crippen molar-refractivity contribution >= 4 is 8.60 Å². The molecule has 0 radical (unpaired) electrons. The molecule has 2 saturated carbocycles. The minimum atomic E-state index is -2.26. The van der Waals surface area contributed by atoms with Crippen LogP contribution in [0.1, 0.15) is 96.8 Å². The highest BCUT2D eigenvalue weighted by Gasteiger charge is 2.47. The van der Waals surface area contributed by atoms with Gasteiger partial charge in [0.15, 0.2) is 0 Å². The fraction of sp³-hybridized carbons (Fsp3) is 1.00. The fourth-order valence-electron chi connectivity index (χ4n) is 4.92. The minimum absolute atomic E-state index is 0.259. The molecule has 2 aliphatic rings. The maximum absolute atomic E-state index is 9.70. The molecule has 2 aliphatic carbocycles. The summed E-state index contributed by atoms with van der Waals surface area (Å²) in [5.41, 5.74) is -0.259. The molecule has 0 amide bonds. The molecule has 22 heavy (non-hydrogen) atoms. The molecule has 3 nitrogen and oxygen atoms in total. The maximum Gasteiger partial charge on any atom is 0.327 e. The molecule has 0 spiro atoms. The van der Waals surface area contributed by atoms with E-state index in [1.54, 1.807) is 0 Å². The van der Waals surface area contributed by atoms with Gasteiger partial charge in [-0.05, 0) is 43.9 Å². The van der Waals surface area contributed by atoms with E-state index in [2.05, 4.69) is 6.92 Å². The molecule has 0 unspecified atom stereocenters. The van der Waals surface area contributed by atoms with Gasteiger partial charge in [0.25, 0.3) is 0 Å². The molecule has 130 valence electrons. The molecule has 0 saturated heterocycles. The zero-order valence-electron chi connectivity index (χ0n) is 14.3. The van der Waals surface area contributed by atoms with Crippen molar-refractivity contribution in [3.63, 3.8) is 0 Å². The lowest BCUT2D eigenvalue weighted by molar-refractivity contribution is -0.0830. The highest BCUT2D eigenvalue weighted by Crippen LogP contribution is 2.52. The van der Waals surface area contributed by atoms with Crippen molar-refractivity contribution < 1.29 is 14.3 Å². The van der Waals surface area contributed by atoms with Crippen LogP contribution in [0, 0.1) is 11.8 Å². The Labute approximate surface area is 137 Å². The van der Waals surface area contributed by atoms with Crippen LogP contribution in [-0.2, 0) is 4.52 Å². The van der Waals surface area contributed by atoms with Crippen LogP contribution in [-0.4, -0.2) is 15.4 Å². The zero-order valence-corrected chi connectivity index (χ0v) is 15.2. The van der Waals surface area contributed by atoms with E-state index >= 15 is 0 Å². The second-order valence-corrected chi connectivity index (χ2v) is 8.11. The van der Waals surface area contributed by atoms with Crippen molar-refractivity contribution in [3.05, 3.63) is 0 Å². The number of unbranched alkanes of at least 4 members (excludes halogenated alkanes) is 2. The van der Waals surface area contributed by atoms with Crippen molar-refractivity contribution in [3.8, 4) is 0 Å². The molecule has 0 heterocycles. The van der Waals surface area contributed by atoms with Crippen molar-refractivity contribution in [1.82, 2.24) is 0 Å². The van der Waals surface area contributed by atoms with Crippen LogP contribution in [0.5, 0.6) is 0 Å². The first-order valence-corrected chi connectivity index (χ1v) is 10.7. The topological polar surface area (TPSA) is 49.7 Å². The first-order chi connectivity index (χ1) is 10.7. The summed E-state index contributed by atoms with van der Waals surface area (Å²) in [4.78, 5) is 19.4. The van der Waals surface area contributed by atoms with E-state index in [-0.39, 0.29) is 5.60 Å². The van der Waals surface area contributed by atoms with Crippen LogP contribution in [0.3, 0.4) is 0 Å². The summed E-state index contributed by atoms with van der Waals surface area (Å²) in [7, 11) is -2.26. The van der Waals surface area contributed by atoms with E-state index in [1.165, 1.54) is 77.0 Å². The lowest BCUT2D eigenvalue weighted by Gasteiger charge is -2.49. The van der Waals surface area contributed by atoms with E-state index in [4.69, 9.17) is 4.52 Å². The smallest absolute Gasteiger partial charge is 0.327 e. The highest BCUT2D eigenvalue weighted by atomic mass is 31.2. The first-order valence-electron chi connectivity index (χ1n) is 9.56. The van der Waals surface area contributed by atoms with Gasteiger partial charge in [0, 0.05) is 0 Å². The molecule has 2 fully saturated rings. The third-order valence-electron chi connectivity index (χ3n) is 6.02. The molecule has 0 aliphatic heterocycles. The highest BCUT2D eigenvalue weighted by molar-refractivity contribution is 7.39. The number of rotatable bonds is 8. The molecule has 2 rings (SSSR count). The van der Waals surface area contributed by atoms with E-state index in [9.17, 15) is 9.79 Å². The molecule has 0 aromatic carbocycles. The summed E-state index contributed by atoms with van der Waals surface area (Å²) < 4.78 is 6.04. The summed E-state index contributed by atoms with van der Waals surface area (Å²) in [5.74, 6) is 1.07. The van der Waals surface area contributed by atoms with Crippen molar-refractivity contribution in [2.24, 2.45) is 11.8 Å². The fourth-order valence-corrected chi connectivity index (χ4v) is 5.62. The Morgan fingerprint density at radius 3 is 1.77 bits per heavy atom. The van der Waals surface area contributed by atoms with Crippen LogP contribution in [0.2, 0.25) is 0 Å². The lowest BCUT2D eigenvalue weighted by atomic mass is 9.64. The summed E-state index contributed by atoms with van der Waals surface area (Å²) in [6.45, 7) is 2.23. The van der Waals surface area contributed by atoms with Gasteiger partial charge in [0.1, 0.15) is 0 Å². The van der Waals surface area contributed by atoms with E-state index in [1.807, 2.05) is 0 Å². The lowest BCUT2D eigenvalue weighted by Crippen LogP contribution is -2.48. The van der Waals surface area contributed by atoms with Gasteiger partial charge in [0.05, 0.1) is 5.60 Å². The van der Waals surface area contributed by atoms with Crippen LogP contribution in [0.4, 0.5) is 0 Å². The molecule has 0 bridgehead atoms. The van der Waals surface area contributed by atoms with Crippen LogP contribution < -0.4 is 0 Å². The van der Waals surface area contributed by atoms with E-state index < -0.39 is 8.60 Å². The van der Waals surface area contributed by atoms with Gasteiger partial charge in [-0.2, -0.15) is 0 Å². The molecular weight excluding hydrogens is 295 g/mol. The molecule has 0 aromatic rings. The zero-order chi connectivity index (χ0) is 15.8. The third kappa shape index (κ3) is 4.90. The second kappa shape index (κ2) is 9.57. The average Bonchev–Trinajstić information content (AvgIpc) is 2.55. The number of hydrogen-bond acceptors (Lipinski definition) is 3. The van der Waals surface area contributed by atoms with Gasteiger partial charge in [0.2, 0.25) is 0 Å². The van der Waals surface area contributed by atoms with Gasteiger partial charge in [-0.1, -0.05) is 64.7 Å². The average molecular weight is 330 g/mol. The Kier molecular flexibility index (Phi) is 8.11. The largest absolute Gasteiger partial charge is 0.328 e. The Bertz CT molecular complexity index is 279.